The molecular formula is C23H27N5O2. The number of aromatic nitrogens is 2. The van der Waals surface area contributed by atoms with E-state index in [0.29, 0.717) is 36.6 Å². The maximum Gasteiger partial charge on any atom is 0.270 e. The van der Waals surface area contributed by atoms with E-state index in [9.17, 15) is 9.59 Å². The van der Waals surface area contributed by atoms with E-state index in [2.05, 4.69) is 11.4 Å². The van der Waals surface area contributed by atoms with Crippen molar-refractivity contribution in [1.29, 1.82) is 5.26 Å². The first-order chi connectivity index (χ1) is 14.4. The van der Waals surface area contributed by atoms with Gasteiger partial charge in [-0.2, -0.15) is 10.4 Å². The number of benzene rings is 1. The zero-order chi connectivity index (χ0) is 21.4. The van der Waals surface area contributed by atoms with E-state index in [1.54, 1.807) is 24.1 Å². The Kier molecular flexibility index (Phi) is 5.33. The third-order valence-corrected chi connectivity index (χ3v) is 5.89. The Bertz CT molecular complexity index is 1010. The van der Waals surface area contributed by atoms with Crippen LogP contribution in [0.3, 0.4) is 0 Å². The SMILES string of the molecule is CC(C)n1nc(-c2ccc(C#N)cc2)c(C2CC2)c1C(=O)NC1CCC(=O)N(C)C1. The molecule has 1 N–H and O–H groups in total. The molecule has 1 aromatic heterocycles. The van der Waals surface area contributed by atoms with Crippen LogP contribution in [0.2, 0.25) is 0 Å². The van der Waals surface area contributed by atoms with Crippen LogP contribution >= 0.6 is 0 Å². The van der Waals surface area contributed by atoms with E-state index in [4.69, 9.17) is 10.4 Å². The van der Waals surface area contributed by atoms with Crippen molar-refractivity contribution >= 4 is 11.8 Å². The molecule has 30 heavy (non-hydrogen) atoms. The van der Waals surface area contributed by atoms with Crippen LogP contribution in [0.15, 0.2) is 24.3 Å². The summed E-state index contributed by atoms with van der Waals surface area (Å²) in [6.07, 6.45) is 3.21. The van der Waals surface area contributed by atoms with Crippen LogP contribution in [0, 0.1) is 11.3 Å². The molecule has 1 aliphatic heterocycles. The largest absolute Gasteiger partial charge is 0.346 e. The number of nitriles is 1. The van der Waals surface area contributed by atoms with Crippen molar-refractivity contribution in [3.05, 3.63) is 41.1 Å². The molecule has 4 rings (SSSR count). The first-order valence-corrected chi connectivity index (χ1v) is 10.6. The van der Waals surface area contributed by atoms with Crippen molar-refractivity contribution in [3.8, 4) is 17.3 Å². The Morgan fingerprint density at radius 2 is 1.93 bits per heavy atom. The van der Waals surface area contributed by atoms with Crippen molar-refractivity contribution in [2.45, 2.75) is 57.5 Å². The number of nitrogens with one attached hydrogen (secondary N) is 1. The van der Waals surface area contributed by atoms with Crippen molar-refractivity contribution in [2.75, 3.05) is 13.6 Å². The van der Waals surface area contributed by atoms with Gasteiger partial charge >= 0.3 is 0 Å². The number of piperidine rings is 1. The Hall–Kier alpha value is -3.14. The number of carbonyl (C=O) groups excluding carboxylic acids is 2. The standard InChI is InChI=1S/C23H27N5O2/c1-14(2)28-22(23(30)25-18-10-11-19(29)27(3)13-18)20(16-8-9-16)21(26-28)17-6-4-15(12-24)5-7-17/h4-7,14,16,18H,8-11,13H2,1-3H3,(H,25,30). The quantitative estimate of drug-likeness (QED) is 0.827. The van der Waals surface area contributed by atoms with E-state index in [-0.39, 0.29) is 23.9 Å². The predicted molar refractivity (Wildman–Crippen MR) is 113 cm³/mol. The number of nitrogens with zero attached hydrogens (tertiary/aromatic N) is 4. The smallest absolute Gasteiger partial charge is 0.270 e. The molecule has 7 nitrogen and oxygen atoms in total. The highest BCUT2D eigenvalue weighted by Crippen LogP contribution is 2.46. The van der Waals surface area contributed by atoms with Gasteiger partial charge in [-0.3, -0.25) is 14.3 Å². The average molecular weight is 406 g/mol. The Morgan fingerprint density at radius 3 is 2.50 bits per heavy atom. The highest BCUT2D eigenvalue weighted by molar-refractivity contribution is 5.96. The molecule has 0 radical (unpaired) electrons. The fourth-order valence-electron chi connectivity index (χ4n) is 4.11. The number of carbonyl (C=O) groups is 2. The minimum absolute atomic E-state index is 0.0333. The summed E-state index contributed by atoms with van der Waals surface area (Å²) >= 11 is 0. The summed E-state index contributed by atoms with van der Waals surface area (Å²) in [6.45, 7) is 4.58. The number of amides is 2. The Balaban J connectivity index is 1.71. The first-order valence-electron chi connectivity index (χ1n) is 10.6. The molecule has 2 aromatic rings. The summed E-state index contributed by atoms with van der Waals surface area (Å²) in [5.41, 5.74) is 3.99. The van der Waals surface area contributed by atoms with Crippen LogP contribution in [0.25, 0.3) is 11.3 Å². The zero-order valence-electron chi connectivity index (χ0n) is 17.7. The van der Waals surface area contributed by atoms with Gasteiger partial charge in [0, 0.05) is 43.2 Å². The van der Waals surface area contributed by atoms with Gasteiger partial charge in [0.2, 0.25) is 5.91 Å². The third kappa shape index (κ3) is 3.82. The summed E-state index contributed by atoms with van der Waals surface area (Å²) in [5, 5.41) is 17.1. The van der Waals surface area contributed by atoms with Gasteiger partial charge in [0.25, 0.3) is 5.91 Å². The van der Waals surface area contributed by atoms with Gasteiger partial charge in [0.1, 0.15) is 5.69 Å². The van der Waals surface area contributed by atoms with Crippen LogP contribution in [0.1, 0.15) is 73.1 Å². The van der Waals surface area contributed by atoms with Crippen molar-refractivity contribution in [2.24, 2.45) is 0 Å². The molecule has 2 aliphatic rings. The number of likely N-dealkylation sites (N-methyl/N-ethyl adjacent to an activating group) is 1. The lowest BCUT2D eigenvalue weighted by Gasteiger charge is -2.30. The molecule has 0 bridgehead atoms. The lowest BCUT2D eigenvalue weighted by molar-refractivity contribution is -0.132. The van der Waals surface area contributed by atoms with Crippen LogP contribution in [-0.2, 0) is 4.79 Å². The normalized spacial score (nSPS) is 19.1. The van der Waals surface area contributed by atoms with Crippen LogP contribution in [0.5, 0.6) is 0 Å². The second-order valence-corrected chi connectivity index (χ2v) is 8.60. The minimum Gasteiger partial charge on any atom is -0.346 e. The Labute approximate surface area is 176 Å². The lowest BCUT2D eigenvalue weighted by Crippen LogP contribution is -2.48. The molecule has 2 heterocycles. The third-order valence-electron chi connectivity index (χ3n) is 5.89. The van der Waals surface area contributed by atoms with Gasteiger partial charge in [-0.05, 0) is 51.2 Å². The van der Waals surface area contributed by atoms with Crippen molar-refractivity contribution < 1.29 is 9.59 Å². The van der Waals surface area contributed by atoms with Gasteiger partial charge in [0.05, 0.1) is 17.3 Å². The number of likely N-dealkylation sites (tertiary alicyclic amines) is 1. The van der Waals surface area contributed by atoms with Gasteiger partial charge in [0.15, 0.2) is 0 Å². The highest BCUT2D eigenvalue weighted by atomic mass is 16.2. The summed E-state index contributed by atoms with van der Waals surface area (Å²) in [6, 6.07) is 9.50. The maximum absolute atomic E-state index is 13.4. The van der Waals surface area contributed by atoms with E-state index in [1.165, 1.54) is 0 Å². The fraction of sp³-hybridized carbons (Fsp3) is 0.478. The summed E-state index contributed by atoms with van der Waals surface area (Å²) in [5.74, 6) is 0.333. The van der Waals surface area contributed by atoms with Crippen LogP contribution in [-0.4, -0.2) is 46.1 Å². The molecule has 1 atom stereocenters. The lowest BCUT2D eigenvalue weighted by atomic mass is 10.00. The molecule has 1 aliphatic carbocycles. The molecule has 1 saturated carbocycles. The maximum atomic E-state index is 13.4. The zero-order valence-corrected chi connectivity index (χ0v) is 17.7. The predicted octanol–water partition coefficient (Wildman–Crippen LogP) is 3.23. The van der Waals surface area contributed by atoms with Gasteiger partial charge in [-0.15, -0.1) is 0 Å². The topological polar surface area (TPSA) is 91.0 Å². The van der Waals surface area contributed by atoms with E-state index in [1.807, 2.05) is 30.7 Å². The van der Waals surface area contributed by atoms with Gasteiger partial charge in [-0.1, -0.05) is 12.1 Å². The summed E-state index contributed by atoms with van der Waals surface area (Å²) in [7, 11) is 1.78. The molecule has 7 heteroatoms. The summed E-state index contributed by atoms with van der Waals surface area (Å²) in [4.78, 5) is 26.9. The number of hydrogen-bond donors (Lipinski definition) is 1. The number of rotatable bonds is 5. The molecule has 1 saturated heterocycles. The van der Waals surface area contributed by atoms with Gasteiger partial charge in [-0.25, -0.2) is 0 Å². The van der Waals surface area contributed by atoms with Gasteiger partial charge < -0.3 is 10.2 Å². The van der Waals surface area contributed by atoms with E-state index in [0.717, 1.165) is 29.7 Å². The highest BCUT2D eigenvalue weighted by Gasteiger charge is 2.37. The number of hydrogen-bond acceptors (Lipinski definition) is 4. The molecule has 2 amide bonds. The fourth-order valence-corrected chi connectivity index (χ4v) is 4.11. The van der Waals surface area contributed by atoms with Crippen molar-refractivity contribution in [3.63, 3.8) is 0 Å². The van der Waals surface area contributed by atoms with E-state index < -0.39 is 0 Å². The molecule has 0 spiro atoms. The average Bonchev–Trinajstić information content (AvgIpc) is 3.49. The molecular weight excluding hydrogens is 378 g/mol. The van der Waals surface area contributed by atoms with E-state index >= 15 is 0 Å². The van der Waals surface area contributed by atoms with Crippen LogP contribution in [0.4, 0.5) is 0 Å². The summed E-state index contributed by atoms with van der Waals surface area (Å²) < 4.78 is 1.83. The molecule has 1 aromatic carbocycles. The second-order valence-electron chi connectivity index (χ2n) is 8.60. The monoisotopic (exact) mass is 405 g/mol. The van der Waals surface area contributed by atoms with Crippen LogP contribution < -0.4 is 5.32 Å². The molecule has 1 unspecified atom stereocenters. The molecule has 2 fully saturated rings. The second kappa shape index (κ2) is 7.94. The Morgan fingerprint density at radius 1 is 1.23 bits per heavy atom. The first kappa shape index (κ1) is 20.1. The van der Waals surface area contributed by atoms with Crippen molar-refractivity contribution in [1.82, 2.24) is 20.0 Å². The molecule has 156 valence electrons. The minimum atomic E-state index is -0.120.